The molecule has 0 aromatic heterocycles. The number of rotatable bonds is 8. The van der Waals surface area contributed by atoms with Crippen LogP contribution in [0.2, 0.25) is 0 Å². The number of benzene rings is 2. The van der Waals surface area contributed by atoms with Crippen LogP contribution < -0.4 is 14.2 Å². The molecule has 5 rings (SSSR count). The van der Waals surface area contributed by atoms with Gasteiger partial charge in [-0.3, -0.25) is 4.79 Å². The van der Waals surface area contributed by atoms with Gasteiger partial charge in [-0.2, -0.15) is 0 Å². The standard InChI is InChI=1S/C28H34O13/c1-13(30)41-28-12-38-25(14-4-6-17(31)19(8-14)35-2)16(28)11-37-26(28)15-5-7-18(20(9-15)36-3)39-27-24(34)23(33)22(32)21(10-29)40-27/h4-9,16,21-27,29,31-34H,10-12H2,1-3H3/t16-,21-,22-,23+,24-,25-,26-,27+,28-/m1/s1. The number of aliphatic hydroxyl groups is 4. The molecule has 3 aliphatic rings. The fourth-order valence-corrected chi connectivity index (χ4v) is 5.78. The Morgan fingerprint density at radius 3 is 2.34 bits per heavy atom. The molecule has 0 bridgehead atoms. The van der Waals surface area contributed by atoms with Gasteiger partial charge in [-0.05, 0) is 35.4 Å². The summed E-state index contributed by atoms with van der Waals surface area (Å²) in [6.45, 7) is 0.966. The Morgan fingerprint density at radius 1 is 0.951 bits per heavy atom. The summed E-state index contributed by atoms with van der Waals surface area (Å²) in [5, 5.41) is 50.0. The van der Waals surface area contributed by atoms with Crippen molar-refractivity contribution in [2.45, 2.75) is 55.4 Å². The van der Waals surface area contributed by atoms with Crippen LogP contribution in [0.3, 0.4) is 0 Å². The van der Waals surface area contributed by atoms with E-state index in [-0.39, 0.29) is 42.1 Å². The van der Waals surface area contributed by atoms with Crippen LogP contribution in [0.25, 0.3) is 0 Å². The molecule has 0 spiro atoms. The lowest BCUT2D eigenvalue weighted by molar-refractivity contribution is -0.277. The minimum Gasteiger partial charge on any atom is -0.504 e. The lowest BCUT2D eigenvalue weighted by atomic mass is 9.80. The van der Waals surface area contributed by atoms with E-state index >= 15 is 0 Å². The number of hydrogen-bond donors (Lipinski definition) is 5. The summed E-state index contributed by atoms with van der Waals surface area (Å²) in [5.74, 6) is -0.253. The molecular weight excluding hydrogens is 544 g/mol. The van der Waals surface area contributed by atoms with Crippen LogP contribution in [0.1, 0.15) is 30.3 Å². The fourth-order valence-electron chi connectivity index (χ4n) is 5.78. The molecule has 0 amide bonds. The molecule has 3 saturated heterocycles. The van der Waals surface area contributed by atoms with Gasteiger partial charge in [-0.15, -0.1) is 0 Å². The summed E-state index contributed by atoms with van der Waals surface area (Å²) in [5.41, 5.74) is 0.148. The van der Waals surface area contributed by atoms with Gasteiger partial charge in [0.15, 0.2) is 28.6 Å². The minimum atomic E-state index is -1.60. The third-order valence-electron chi connectivity index (χ3n) is 7.82. The van der Waals surface area contributed by atoms with E-state index in [1.165, 1.54) is 27.2 Å². The van der Waals surface area contributed by atoms with E-state index in [2.05, 4.69) is 0 Å². The molecule has 13 heteroatoms. The summed E-state index contributed by atoms with van der Waals surface area (Å²) in [6.07, 6.45) is -8.53. The molecule has 224 valence electrons. The van der Waals surface area contributed by atoms with Crippen molar-refractivity contribution in [3.63, 3.8) is 0 Å². The maximum Gasteiger partial charge on any atom is 0.303 e. The largest absolute Gasteiger partial charge is 0.504 e. The van der Waals surface area contributed by atoms with Gasteiger partial charge in [-0.25, -0.2) is 0 Å². The van der Waals surface area contributed by atoms with Gasteiger partial charge in [0.1, 0.15) is 30.5 Å². The van der Waals surface area contributed by atoms with Crippen molar-refractivity contribution in [3.8, 4) is 23.0 Å². The first-order valence-corrected chi connectivity index (χ1v) is 13.1. The highest BCUT2D eigenvalue weighted by molar-refractivity contribution is 5.67. The summed E-state index contributed by atoms with van der Waals surface area (Å²) in [4.78, 5) is 12.3. The lowest BCUT2D eigenvalue weighted by Gasteiger charge is -2.39. The smallest absolute Gasteiger partial charge is 0.303 e. The van der Waals surface area contributed by atoms with Gasteiger partial charge < -0.3 is 58.7 Å². The van der Waals surface area contributed by atoms with Crippen molar-refractivity contribution < 1.29 is 63.5 Å². The van der Waals surface area contributed by atoms with E-state index in [0.29, 0.717) is 5.56 Å². The van der Waals surface area contributed by atoms with E-state index in [0.717, 1.165) is 5.56 Å². The molecule has 13 nitrogen and oxygen atoms in total. The molecule has 3 aliphatic heterocycles. The monoisotopic (exact) mass is 578 g/mol. The van der Waals surface area contributed by atoms with Crippen LogP contribution in [-0.2, 0) is 23.7 Å². The van der Waals surface area contributed by atoms with Crippen LogP contribution >= 0.6 is 0 Å². The van der Waals surface area contributed by atoms with Crippen molar-refractivity contribution >= 4 is 5.97 Å². The van der Waals surface area contributed by atoms with Crippen molar-refractivity contribution in [2.24, 2.45) is 5.92 Å². The van der Waals surface area contributed by atoms with Crippen molar-refractivity contribution in [2.75, 3.05) is 34.0 Å². The maximum absolute atomic E-state index is 12.3. The Morgan fingerprint density at radius 2 is 1.66 bits per heavy atom. The van der Waals surface area contributed by atoms with Crippen LogP contribution in [0.15, 0.2) is 36.4 Å². The second-order valence-corrected chi connectivity index (χ2v) is 10.3. The van der Waals surface area contributed by atoms with Gasteiger partial charge in [0.25, 0.3) is 0 Å². The molecule has 0 aliphatic carbocycles. The fraction of sp³-hybridized carbons (Fsp3) is 0.536. The number of phenolic OH excluding ortho intramolecular Hbond substituents is 1. The van der Waals surface area contributed by atoms with Gasteiger partial charge >= 0.3 is 5.97 Å². The Hall–Kier alpha value is -3.17. The third kappa shape index (κ3) is 5.18. The number of aromatic hydroxyl groups is 1. The topological polar surface area (TPSA) is 183 Å². The molecule has 0 saturated carbocycles. The van der Waals surface area contributed by atoms with Crippen LogP contribution in [-0.4, -0.2) is 102 Å². The molecule has 2 aromatic carbocycles. The van der Waals surface area contributed by atoms with E-state index < -0.39 is 61.1 Å². The number of carbonyl (C=O) groups is 1. The highest BCUT2D eigenvalue weighted by Gasteiger charge is 2.63. The second kappa shape index (κ2) is 11.6. The third-order valence-corrected chi connectivity index (χ3v) is 7.82. The van der Waals surface area contributed by atoms with E-state index in [1.807, 2.05) is 0 Å². The van der Waals surface area contributed by atoms with Crippen LogP contribution in [0, 0.1) is 5.92 Å². The summed E-state index contributed by atoms with van der Waals surface area (Å²) < 4.78 is 40.3. The van der Waals surface area contributed by atoms with Gasteiger partial charge in [0, 0.05) is 6.92 Å². The average molecular weight is 579 g/mol. The first-order valence-electron chi connectivity index (χ1n) is 13.1. The number of carbonyl (C=O) groups excluding carboxylic acids is 1. The molecule has 0 unspecified atom stereocenters. The molecule has 3 heterocycles. The number of aliphatic hydroxyl groups excluding tert-OH is 4. The molecule has 3 fully saturated rings. The van der Waals surface area contributed by atoms with Gasteiger partial charge in [-0.1, -0.05) is 12.1 Å². The molecule has 5 N–H and O–H groups in total. The van der Waals surface area contributed by atoms with Gasteiger partial charge in [0.05, 0.1) is 46.1 Å². The van der Waals surface area contributed by atoms with Gasteiger partial charge in [0.2, 0.25) is 6.29 Å². The number of ether oxygens (including phenoxy) is 7. The minimum absolute atomic E-state index is 0.0147. The number of methoxy groups -OCH3 is 2. The molecule has 0 radical (unpaired) electrons. The zero-order valence-electron chi connectivity index (χ0n) is 22.7. The van der Waals surface area contributed by atoms with E-state index in [4.69, 9.17) is 33.2 Å². The van der Waals surface area contributed by atoms with Crippen molar-refractivity contribution in [3.05, 3.63) is 47.5 Å². The predicted molar refractivity (Wildman–Crippen MR) is 137 cm³/mol. The summed E-state index contributed by atoms with van der Waals surface area (Å²) >= 11 is 0. The number of phenols is 1. The first-order chi connectivity index (χ1) is 19.6. The Bertz CT molecular complexity index is 1250. The maximum atomic E-state index is 12.3. The number of esters is 1. The molecule has 2 aromatic rings. The first kappa shape index (κ1) is 29.3. The van der Waals surface area contributed by atoms with Crippen LogP contribution in [0.5, 0.6) is 23.0 Å². The van der Waals surface area contributed by atoms with Crippen molar-refractivity contribution in [1.82, 2.24) is 0 Å². The van der Waals surface area contributed by atoms with E-state index in [1.54, 1.807) is 30.3 Å². The normalized spacial score (nSPS) is 34.6. The highest BCUT2D eigenvalue weighted by Crippen LogP contribution is 2.56. The van der Waals surface area contributed by atoms with Crippen molar-refractivity contribution in [1.29, 1.82) is 0 Å². The lowest BCUT2D eigenvalue weighted by Crippen LogP contribution is -2.60. The van der Waals surface area contributed by atoms with E-state index in [9.17, 15) is 30.3 Å². The number of fused-ring (bicyclic) bond motifs is 1. The zero-order valence-corrected chi connectivity index (χ0v) is 22.7. The quantitative estimate of drug-likeness (QED) is 0.271. The molecular formula is C28H34O13. The predicted octanol–water partition coefficient (Wildman–Crippen LogP) is 0.349. The molecule has 9 atom stereocenters. The Labute approximate surface area is 235 Å². The highest BCUT2D eigenvalue weighted by atomic mass is 16.7. The average Bonchev–Trinajstić information content (AvgIpc) is 3.49. The molecule has 41 heavy (non-hydrogen) atoms. The summed E-state index contributed by atoms with van der Waals surface area (Å²) in [7, 11) is 2.86. The second-order valence-electron chi connectivity index (χ2n) is 10.3. The SMILES string of the molecule is COc1cc([C@H]2OC[C@]3(OC(C)=O)[C@@H](c4ccc(O[C@H]5O[C@H](CO)[C@@H](O)[C@H](O)[C@H]5O)c(OC)c4)OC[C@H]23)ccc1O. The zero-order chi connectivity index (χ0) is 29.5. The Kier molecular flexibility index (Phi) is 8.30. The Balaban J connectivity index is 1.42. The summed E-state index contributed by atoms with van der Waals surface area (Å²) in [6, 6.07) is 9.76. The van der Waals surface area contributed by atoms with Crippen LogP contribution in [0.4, 0.5) is 0 Å². The number of hydrogen-bond acceptors (Lipinski definition) is 13.